The van der Waals surface area contributed by atoms with Crippen LogP contribution in [0, 0.1) is 17.8 Å². The molecule has 2 aliphatic carbocycles. The minimum Gasteiger partial charge on any atom is -0.340 e. The van der Waals surface area contributed by atoms with Gasteiger partial charge >= 0.3 is 0 Å². The standard InChI is InChI=1S/C19H25BrN2O3S/c20-17-2-1-3-18(13-17)26(24,25)22-8-6-21(7-9-22)19(23)12-16-11-14-4-5-15(16)10-14/h1-3,13-16H,4-12H2/t14-,15+,16-/m0/s1. The molecule has 5 nitrogen and oxygen atoms in total. The van der Waals surface area contributed by atoms with E-state index in [1.54, 1.807) is 18.2 Å². The zero-order valence-corrected chi connectivity index (χ0v) is 17.2. The number of benzene rings is 1. The van der Waals surface area contributed by atoms with Crippen molar-refractivity contribution in [2.24, 2.45) is 17.8 Å². The van der Waals surface area contributed by atoms with Crippen molar-refractivity contribution in [3.8, 4) is 0 Å². The summed E-state index contributed by atoms with van der Waals surface area (Å²) in [5, 5.41) is 0. The van der Waals surface area contributed by atoms with E-state index in [1.165, 1.54) is 30.0 Å². The van der Waals surface area contributed by atoms with Gasteiger partial charge in [-0.1, -0.05) is 28.4 Å². The van der Waals surface area contributed by atoms with Gasteiger partial charge in [-0.05, 0) is 55.2 Å². The van der Waals surface area contributed by atoms with Crippen LogP contribution < -0.4 is 0 Å². The molecule has 142 valence electrons. The van der Waals surface area contributed by atoms with E-state index in [-0.39, 0.29) is 5.91 Å². The number of halogens is 1. The highest BCUT2D eigenvalue weighted by molar-refractivity contribution is 9.10. The summed E-state index contributed by atoms with van der Waals surface area (Å²) in [5.74, 6) is 2.37. The SMILES string of the molecule is O=C(C[C@@H]1C[C@H]2CC[C@@H]1C2)N1CCN(S(=O)(=O)c2cccc(Br)c2)CC1. The molecule has 3 aliphatic rings. The van der Waals surface area contributed by atoms with Gasteiger partial charge in [0.25, 0.3) is 0 Å². The van der Waals surface area contributed by atoms with Crippen LogP contribution in [0.5, 0.6) is 0 Å². The number of amides is 1. The summed E-state index contributed by atoms with van der Waals surface area (Å²) >= 11 is 3.33. The topological polar surface area (TPSA) is 57.7 Å². The number of rotatable bonds is 4. The summed E-state index contributed by atoms with van der Waals surface area (Å²) in [4.78, 5) is 14.8. The van der Waals surface area contributed by atoms with Crippen LogP contribution in [0.15, 0.2) is 33.6 Å². The molecule has 1 heterocycles. The fourth-order valence-electron chi connectivity index (χ4n) is 4.93. The number of nitrogens with zero attached hydrogens (tertiary/aromatic N) is 2. The van der Waals surface area contributed by atoms with Crippen molar-refractivity contribution >= 4 is 31.9 Å². The lowest BCUT2D eigenvalue weighted by Crippen LogP contribution is -2.50. The van der Waals surface area contributed by atoms with Crippen molar-refractivity contribution < 1.29 is 13.2 Å². The second-order valence-electron chi connectivity index (χ2n) is 7.88. The zero-order chi connectivity index (χ0) is 18.3. The van der Waals surface area contributed by atoms with Gasteiger partial charge in [-0.3, -0.25) is 4.79 Å². The second-order valence-corrected chi connectivity index (χ2v) is 10.7. The van der Waals surface area contributed by atoms with Crippen LogP contribution in [0.25, 0.3) is 0 Å². The van der Waals surface area contributed by atoms with E-state index in [4.69, 9.17) is 0 Å². The van der Waals surface area contributed by atoms with Crippen LogP contribution in [0.1, 0.15) is 32.1 Å². The van der Waals surface area contributed by atoms with E-state index in [0.29, 0.717) is 43.4 Å². The smallest absolute Gasteiger partial charge is 0.243 e. The summed E-state index contributed by atoms with van der Waals surface area (Å²) in [5.41, 5.74) is 0. The third-order valence-electron chi connectivity index (χ3n) is 6.35. The molecule has 26 heavy (non-hydrogen) atoms. The summed E-state index contributed by atoms with van der Waals surface area (Å²) < 4.78 is 27.8. The maximum absolute atomic E-state index is 12.8. The average molecular weight is 441 g/mol. The molecule has 0 N–H and O–H groups in total. The first kappa shape index (κ1) is 18.4. The third kappa shape index (κ3) is 3.58. The first-order valence-corrected chi connectivity index (χ1v) is 11.7. The van der Waals surface area contributed by atoms with Gasteiger partial charge in [-0.25, -0.2) is 8.42 Å². The largest absolute Gasteiger partial charge is 0.340 e. The van der Waals surface area contributed by atoms with E-state index >= 15 is 0 Å². The van der Waals surface area contributed by atoms with Gasteiger partial charge in [0, 0.05) is 37.1 Å². The Morgan fingerprint density at radius 1 is 1.12 bits per heavy atom. The molecule has 0 radical (unpaired) electrons. The van der Waals surface area contributed by atoms with Gasteiger partial charge in [0.05, 0.1) is 4.90 Å². The number of hydrogen-bond acceptors (Lipinski definition) is 3. The molecular weight excluding hydrogens is 416 g/mol. The van der Waals surface area contributed by atoms with E-state index in [2.05, 4.69) is 15.9 Å². The Morgan fingerprint density at radius 3 is 2.50 bits per heavy atom. The van der Waals surface area contributed by atoms with Crippen molar-refractivity contribution in [3.63, 3.8) is 0 Å². The predicted molar refractivity (Wildman–Crippen MR) is 103 cm³/mol. The molecule has 4 rings (SSSR count). The van der Waals surface area contributed by atoms with E-state index in [0.717, 1.165) is 16.3 Å². The number of carbonyl (C=O) groups excluding carboxylic acids is 1. The van der Waals surface area contributed by atoms with Crippen LogP contribution in [-0.2, 0) is 14.8 Å². The monoisotopic (exact) mass is 440 g/mol. The quantitative estimate of drug-likeness (QED) is 0.722. The van der Waals surface area contributed by atoms with Crippen LogP contribution in [-0.4, -0.2) is 49.7 Å². The Bertz CT molecular complexity index is 790. The van der Waals surface area contributed by atoms with Crippen molar-refractivity contribution in [2.45, 2.75) is 37.0 Å². The van der Waals surface area contributed by atoms with Gasteiger partial charge in [-0.2, -0.15) is 4.31 Å². The van der Waals surface area contributed by atoms with Crippen molar-refractivity contribution in [1.29, 1.82) is 0 Å². The summed E-state index contributed by atoms with van der Waals surface area (Å²) in [6, 6.07) is 6.78. The fourth-order valence-corrected chi connectivity index (χ4v) is 6.95. The highest BCUT2D eigenvalue weighted by atomic mass is 79.9. The molecule has 2 saturated carbocycles. The molecule has 1 saturated heterocycles. The molecule has 0 spiro atoms. The van der Waals surface area contributed by atoms with Crippen LogP contribution >= 0.6 is 15.9 Å². The van der Waals surface area contributed by atoms with Gasteiger partial charge in [0.15, 0.2) is 0 Å². The maximum atomic E-state index is 12.8. The number of piperazine rings is 1. The molecular formula is C19H25BrN2O3S. The van der Waals surface area contributed by atoms with Gasteiger partial charge in [0.2, 0.25) is 15.9 Å². The molecule has 1 aliphatic heterocycles. The van der Waals surface area contributed by atoms with E-state index in [1.807, 2.05) is 11.0 Å². The second kappa shape index (κ2) is 7.24. The maximum Gasteiger partial charge on any atom is 0.243 e. The lowest BCUT2D eigenvalue weighted by molar-refractivity contribution is -0.133. The van der Waals surface area contributed by atoms with Crippen molar-refractivity contribution in [3.05, 3.63) is 28.7 Å². The van der Waals surface area contributed by atoms with Crippen molar-refractivity contribution in [2.75, 3.05) is 26.2 Å². The molecule has 1 aromatic rings. The first-order valence-electron chi connectivity index (χ1n) is 9.47. The molecule has 1 aromatic carbocycles. The number of fused-ring (bicyclic) bond motifs is 2. The van der Waals surface area contributed by atoms with E-state index in [9.17, 15) is 13.2 Å². The van der Waals surface area contributed by atoms with E-state index < -0.39 is 10.0 Å². The summed E-state index contributed by atoms with van der Waals surface area (Å²) in [6.45, 7) is 1.73. The first-order chi connectivity index (χ1) is 12.4. The highest BCUT2D eigenvalue weighted by Gasteiger charge is 2.41. The number of hydrogen-bond donors (Lipinski definition) is 0. The lowest BCUT2D eigenvalue weighted by atomic mass is 9.86. The van der Waals surface area contributed by atoms with Crippen LogP contribution in [0.2, 0.25) is 0 Å². The summed E-state index contributed by atoms with van der Waals surface area (Å²) in [7, 11) is -3.50. The van der Waals surface area contributed by atoms with Crippen LogP contribution in [0.3, 0.4) is 0 Å². The normalized spacial score (nSPS) is 29.3. The minimum atomic E-state index is -3.50. The van der Waals surface area contributed by atoms with Gasteiger partial charge in [0.1, 0.15) is 0 Å². The third-order valence-corrected chi connectivity index (χ3v) is 8.73. The Balaban J connectivity index is 1.34. The fraction of sp³-hybridized carbons (Fsp3) is 0.632. The Hall–Kier alpha value is -0.920. The molecule has 3 fully saturated rings. The van der Waals surface area contributed by atoms with Crippen LogP contribution in [0.4, 0.5) is 0 Å². The predicted octanol–water partition coefficient (Wildman–Crippen LogP) is 3.11. The molecule has 1 amide bonds. The Morgan fingerprint density at radius 2 is 1.88 bits per heavy atom. The number of sulfonamides is 1. The lowest BCUT2D eigenvalue weighted by Gasteiger charge is -2.35. The van der Waals surface area contributed by atoms with Crippen molar-refractivity contribution in [1.82, 2.24) is 9.21 Å². The van der Waals surface area contributed by atoms with Gasteiger partial charge in [-0.15, -0.1) is 0 Å². The Labute approximate surface area is 163 Å². The molecule has 7 heteroatoms. The highest BCUT2D eigenvalue weighted by Crippen LogP contribution is 2.49. The summed E-state index contributed by atoms with van der Waals surface area (Å²) in [6.07, 6.45) is 5.83. The average Bonchev–Trinajstić information content (AvgIpc) is 3.25. The van der Waals surface area contributed by atoms with Gasteiger partial charge < -0.3 is 4.90 Å². The molecule has 0 aromatic heterocycles. The Kier molecular flexibility index (Phi) is 5.14. The molecule has 0 unspecified atom stereocenters. The number of carbonyl (C=O) groups is 1. The zero-order valence-electron chi connectivity index (χ0n) is 14.8. The molecule has 3 atom stereocenters. The minimum absolute atomic E-state index is 0.210. The molecule has 2 bridgehead atoms.